The van der Waals surface area contributed by atoms with Crippen LogP contribution in [0.2, 0.25) is 0 Å². The molecule has 0 spiro atoms. The number of carboxylic acid groups (broad SMARTS) is 1. The van der Waals surface area contributed by atoms with Gasteiger partial charge in [0.25, 0.3) is 5.91 Å². The number of nitrogens with one attached hydrogen (secondary N) is 1. The monoisotopic (exact) mass is 419 g/mol. The van der Waals surface area contributed by atoms with E-state index < -0.39 is 23.7 Å². The Morgan fingerprint density at radius 3 is 2.41 bits per heavy atom. The zero-order valence-electron chi connectivity index (χ0n) is 17.5. The van der Waals surface area contributed by atoms with E-state index in [1.54, 1.807) is 0 Å². The van der Waals surface area contributed by atoms with E-state index in [2.05, 4.69) is 26.1 Å². The zero-order chi connectivity index (χ0) is 21.3. The summed E-state index contributed by atoms with van der Waals surface area (Å²) in [6.07, 6.45) is 6.31. The number of rotatable bonds is 6. The van der Waals surface area contributed by atoms with Crippen LogP contribution in [0.3, 0.4) is 0 Å². The summed E-state index contributed by atoms with van der Waals surface area (Å²) >= 11 is 1.43. The maximum atomic E-state index is 12.9. The number of carbonyl (C=O) groups excluding carboxylic acids is 3. The van der Waals surface area contributed by atoms with Gasteiger partial charge in [-0.15, -0.1) is 11.3 Å². The summed E-state index contributed by atoms with van der Waals surface area (Å²) in [5.74, 6) is -2.93. The number of hydrogen-bond donors (Lipinski definition) is 2. The van der Waals surface area contributed by atoms with Gasteiger partial charge in [-0.1, -0.05) is 40.0 Å². The standard InChI is InChI=1S/C22H32N2O4S/c1-4-22(2,3)12-9-10-15-16(11-12)29-20(17(15)18(23)25)24-19(26)13-7-5-6-8-14(13)21(27)28/h12-14H,4-11H2,1-3H3,(H2,23,25)(H,24,26)(H,27,28)/p-1/t12-,13+,14+/m1/s1. The molecule has 2 amide bonds. The number of fused-ring (bicyclic) bond motifs is 1. The van der Waals surface area contributed by atoms with Gasteiger partial charge in [-0.3, -0.25) is 9.59 Å². The zero-order valence-corrected chi connectivity index (χ0v) is 18.3. The van der Waals surface area contributed by atoms with Gasteiger partial charge in [0, 0.05) is 22.7 Å². The summed E-state index contributed by atoms with van der Waals surface area (Å²) < 4.78 is 0. The molecule has 6 nitrogen and oxygen atoms in total. The van der Waals surface area contributed by atoms with Crippen LogP contribution in [-0.2, 0) is 22.4 Å². The molecule has 1 saturated carbocycles. The molecule has 0 aliphatic heterocycles. The molecule has 0 aromatic carbocycles. The van der Waals surface area contributed by atoms with Crippen molar-refractivity contribution in [3.05, 3.63) is 16.0 Å². The largest absolute Gasteiger partial charge is 0.550 e. The molecule has 160 valence electrons. The summed E-state index contributed by atoms with van der Waals surface area (Å²) in [5, 5.41) is 14.8. The van der Waals surface area contributed by atoms with Crippen LogP contribution in [0.25, 0.3) is 0 Å². The van der Waals surface area contributed by atoms with Crippen molar-refractivity contribution in [2.45, 2.75) is 72.1 Å². The lowest BCUT2D eigenvalue weighted by molar-refractivity contribution is -0.313. The fourth-order valence-corrected chi connectivity index (χ4v) is 6.16. The molecule has 1 aromatic heterocycles. The summed E-state index contributed by atoms with van der Waals surface area (Å²) in [4.78, 5) is 37.7. The Bertz CT molecular complexity index is 814. The Hall–Kier alpha value is -1.89. The molecule has 0 unspecified atom stereocenters. The van der Waals surface area contributed by atoms with E-state index in [1.165, 1.54) is 11.3 Å². The Balaban J connectivity index is 1.86. The number of primary amides is 1. The number of hydrogen-bond acceptors (Lipinski definition) is 5. The number of anilines is 1. The second-order valence-corrected chi connectivity index (χ2v) is 10.3. The highest BCUT2D eigenvalue weighted by molar-refractivity contribution is 7.17. The number of aliphatic carboxylic acids is 1. The van der Waals surface area contributed by atoms with Crippen molar-refractivity contribution in [3.63, 3.8) is 0 Å². The molecule has 3 atom stereocenters. The van der Waals surface area contributed by atoms with Gasteiger partial charge in [-0.05, 0) is 49.0 Å². The van der Waals surface area contributed by atoms with E-state index in [0.717, 1.165) is 49.0 Å². The third-order valence-corrected chi connectivity index (χ3v) is 8.34. The summed E-state index contributed by atoms with van der Waals surface area (Å²) in [5.41, 5.74) is 7.25. The minimum Gasteiger partial charge on any atom is -0.550 e. The van der Waals surface area contributed by atoms with Crippen LogP contribution in [0.15, 0.2) is 0 Å². The lowest BCUT2D eigenvalue weighted by Crippen LogP contribution is -2.42. The second-order valence-electron chi connectivity index (χ2n) is 9.16. The van der Waals surface area contributed by atoms with Gasteiger partial charge in [-0.25, -0.2) is 0 Å². The lowest BCUT2D eigenvalue weighted by Gasteiger charge is -2.36. The van der Waals surface area contributed by atoms with Crippen LogP contribution < -0.4 is 16.2 Å². The fraction of sp³-hybridized carbons (Fsp3) is 0.682. The molecule has 3 rings (SSSR count). The van der Waals surface area contributed by atoms with E-state index in [9.17, 15) is 19.5 Å². The Kier molecular flexibility index (Phi) is 6.36. The van der Waals surface area contributed by atoms with Crippen molar-refractivity contribution in [2.24, 2.45) is 28.9 Å². The minimum absolute atomic E-state index is 0.210. The Morgan fingerprint density at radius 1 is 1.17 bits per heavy atom. The summed E-state index contributed by atoms with van der Waals surface area (Å²) in [6, 6.07) is 0. The highest BCUT2D eigenvalue weighted by atomic mass is 32.1. The molecule has 2 aliphatic carbocycles. The van der Waals surface area contributed by atoms with Gasteiger partial charge >= 0.3 is 0 Å². The second kappa shape index (κ2) is 8.46. The number of carbonyl (C=O) groups is 3. The first-order valence-electron chi connectivity index (χ1n) is 10.6. The van der Waals surface area contributed by atoms with Gasteiger partial charge in [0.05, 0.1) is 5.56 Å². The maximum Gasteiger partial charge on any atom is 0.251 e. The highest BCUT2D eigenvalue weighted by Gasteiger charge is 2.36. The van der Waals surface area contributed by atoms with Gasteiger partial charge in [-0.2, -0.15) is 0 Å². The van der Waals surface area contributed by atoms with Crippen molar-refractivity contribution >= 4 is 34.1 Å². The first-order chi connectivity index (χ1) is 13.7. The first-order valence-corrected chi connectivity index (χ1v) is 11.4. The molecule has 0 bridgehead atoms. The SMILES string of the molecule is CCC(C)(C)[C@@H]1CCc2c(sc(NC(=O)[C@H]3CCCC[C@@H]3C(=O)[O-])c2C(N)=O)C1. The Labute approximate surface area is 176 Å². The van der Waals surface area contributed by atoms with E-state index >= 15 is 0 Å². The van der Waals surface area contributed by atoms with E-state index in [4.69, 9.17) is 5.73 Å². The molecule has 1 fully saturated rings. The van der Waals surface area contributed by atoms with Crippen molar-refractivity contribution in [3.8, 4) is 0 Å². The van der Waals surface area contributed by atoms with Crippen LogP contribution in [-0.4, -0.2) is 17.8 Å². The lowest BCUT2D eigenvalue weighted by atomic mass is 9.69. The smallest absolute Gasteiger partial charge is 0.251 e. The molecule has 1 heterocycles. The van der Waals surface area contributed by atoms with Gasteiger partial charge in [0.1, 0.15) is 5.00 Å². The van der Waals surface area contributed by atoms with E-state index in [1.807, 2.05) is 0 Å². The van der Waals surface area contributed by atoms with Gasteiger partial charge < -0.3 is 21.0 Å². The van der Waals surface area contributed by atoms with Crippen LogP contribution in [0.4, 0.5) is 5.00 Å². The molecule has 2 aliphatic rings. The normalized spacial score (nSPS) is 24.6. The molecule has 29 heavy (non-hydrogen) atoms. The number of carboxylic acids is 1. The third-order valence-electron chi connectivity index (χ3n) is 7.17. The van der Waals surface area contributed by atoms with E-state index in [-0.39, 0.29) is 11.3 Å². The predicted octanol–water partition coefficient (Wildman–Crippen LogP) is 2.88. The van der Waals surface area contributed by atoms with Crippen LogP contribution in [0.1, 0.15) is 80.1 Å². The topological polar surface area (TPSA) is 112 Å². The average Bonchev–Trinajstić information content (AvgIpc) is 3.04. The fourth-order valence-electron chi connectivity index (χ4n) is 4.82. The quantitative estimate of drug-likeness (QED) is 0.738. The average molecular weight is 420 g/mol. The van der Waals surface area contributed by atoms with Crippen molar-refractivity contribution < 1.29 is 19.5 Å². The van der Waals surface area contributed by atoms with E-state index in [0.29, 0.717) is 29.3 Å². The summed E-state index contributed by atoms with van der Waals surface area (Å²) in [6.45, 7) is 6.75. The molecule has 0 radical (unpaired) electrons. The molecule has 3 N–H and O–H groups in total. The molecular formula is C22H31N2O4S-. The predicted molar refractivity (Wildman–Crippen MR) is 112 cm³/mol. The minimum atomic E-state index is -1.17. The number of thiophene rings is 1. The molecule has 0 saturated heterocycles. The van der Waals surface area contributed by atoms with Crippen molar-refractivity contribution in [1.29, 1.82) is 0 Å². The highest BCUT2D eigenvalue weighted by Crippen LogP contribution is 2.45. The summed E-state index contributed by atoms with van der Waals surface area (Å²) in [7, 11) is 0. The first kappa shape index (κ1) is 21.8. The molecule has 1 aromatic rings. The maximum absolute atomic E-state index is 12.9. The molecular weight excluding hydrogens is 388 g/mol. The number of nitrogens with two attached hydrogens (primary N) is 1. The molecule has 7 heteroatoms. The van der Waals surface area contributed by atoms with Crippen LogP contribution >= 0.6 is 11.3 Å². The van der Waals surface area contributed by atoms with Gasteiger partial charge in [0.15, 0.2) is 0 Å². The number of amides is 2. The van der Waals surface area contributed by atoms with Crippen molar-refractivity contribution in [1.82, 2.24) is 0 Å². The Morgan fingerprint density at radius 2 is 1.83 bits per heavy atom. The van der Waals surface area contributed by atoms with Crippen LogP contribution in [0, 0.1) is 23.2 Å². The van der Waals surface area contributed by atoms with Crippen molar-refractivity contribution in [2.75, 3.05) is 5.32 Å². The van der Waals surface area contributed by atoms with Crippen LogP contribution in [0.5, 0.6) is 0 Å². The third kappa shape index (κ3) is 4.34. The van der Waals surface area contributed by atoms with Gasteiger partial charge in [0.2, 0.25) is 5.91 Å².